The molecule has 6 nitrogen and oxygen atoms in total. The summed E-state index contributed by atoms with van der Waals surface area (Å²) < 4.78 is 54.9. The SMILES string of the molecule is [2H]c1ccccc1CO[C@H]1[C@H](OCc2ccccc2[2H])[C@@H](OCc2ccccc2[2H])C(OC)O[C@@H]1CO. The van der Waals surface area contributed by atoms with E-state index in [0.29, 0.717) is 34.8 Å². The van der Waals surface area contributed by atoms with Crippen LogP contribution in [0.1, 0.15) is 20.8 Å². The van der Waals surface area contributed by atoms with E-state index in [-0.39, 0.29) is 26.4 Å². The van der Waals surface area contributed by atoms with E-state index in [4.69, 9.17) is 27.8 Å². The number of methoxy groups -OCH3 is 1. The number of rotatable bonds is 11. The third-order valence-corrected chi connectivity index (χ3v) is 5.62. The quantitative estimate of drug-likeness (QED) is 0.458. The first-order valence-electron chi connectivity index (χ1n) is 12.8. The molecule has 1 aliphatic rings. The highest BCUT2D eigenvalue weighted by atomic mass is 16.7. The van der Waals surface area contributed by atoms with Gasteiger partial charge in [0.1, 0.15) is 24.4 Å². The van der Waals surface area contributed by atoms with Gasteiger partial charge in [0.25, 0.3) is 0 Å². The Morgan fingerprint density at radius 2 is 1.18 bits per heavy atom. The fourth-order valence-corrected chi connectivity index (χ4v) is 3.90. The Bertz CT molecular complexity index is 1080. The van der Waals surface area contributed by atoms with Gasteiger partial charge in [0.15, 0.2) is 6.29 Å². The van der Waals surface area contributed by atoms with E-state index < -0.39 is 30.7 Å². The van der Waals surface area contributed by atoms with Crippen molar-refractivity contribution < 1.29 is 32.9 Å². The molecule has 6 heteroatoms. The molecular formula is C28H32O6. The van der Waals surface area contributed by atoms with E-state index in [9.17, 15) is 5.11 Å². The molecule has 0 saturated carbocycles. The molecule has 1 N–H and O–H groups in total. The minimum atomic E-state index is -0.866. The maximum Gasteiger partial charge on any atom is 0.186 e. The van der Waals surface area contributed by atoms with Crippen LogP contribution < -0.4 is 0 Å². The molecule has 1 unspecified atom stereocenters. The van der Waals surface area contributed by atoms with Crippen LogP contribution in [0.5, 0.6) is 0 Å². The van der Waals surface area contributed by atoms with Crippen LogP contribution in [-0.2, 0) is 43.5 Å². The number of ether oxygens (including phenoxy) is 5. The van der Waals surface area contributed by atoms with E-state index >= 15 is 0 Å². The van der Waals surface area contributed by atoms with Crippen molar-refractivity contribution >= 4 is 0 Å². The third kappa shape index (κ3) is 6.51. The minimum Gasteiger partial charge on any atom is -0.394 e. The Labute approximate surface area is 205 Å². The average molecular weight is 468 g/mol. The summed E-state index contributed by atoms with van der Waals surface area (Å²) in [5.41, 5.74) is 2.07. The molecular weight excluding hydrogens is 432 g/mol. The van der Waals surface area contributed by atoms with E-state index in [0.717, 1.165) is 0 Å². The Kier molecular flexibility index (Phi) is 7.79. The van der Waals surface area contributed by atoms with Crippen molar-refractivity contribution in [2.75, 3.05) is 13.7 Å². The van der Waals surface area contributed by atoms with Crippen LogP contribution >= 0.6 is 0 Å². The Balaban J connectivity index is 1.61. The minimum absolute atomic E-state index is 0.110. The molecule has 0 bridgehead atoms. The molecule has 180 valence electrons. The van der Waals surface area contributed by atoms with Crippen LogP contribution in [0.4, 0.5) is 0 Å². The molecule has 5 atom stereocenters. The maximum atomic E-state index is 10.2. The van der Waals surface area contributed by atoms with Crippen molar-refractivity contribution in [1.29, 1.82) is 0 Å². The Morgan fingerprint density at radius 1 is 0.706 bits per heavy atom. The number of hydrogen-bond acceptors (Lipinski definition) is 6. The number of aliphatic hydroxyl groups is 1. The van der Waals surface area contributed by atoms with Gasteiger partial charge in [-0.05, 0) is 16.7 Å². The Hall–Kier alpha value is -2.58. The highest BCUT2D eigenvalue weighted by Gasteiger charge is 2.48. The zero-order valence-corrected chi connectivity index (χ0v) is 19.1. The van der Waals surface area contributed by atoms with E-state index in [1.807, 2.05) is 36.4 Å². The molecule has 0 aromatic heterocycles. The van der Waals surface area contributed by atoms with Gasteiger partial charge in [-0.15, -0.1) is 0 Å². The first-order valence-corrected chi connectivity index (χ1v) is 11.3. The molecule has 1 fully saturated rings. The van der Waals surface area contributed by atoms with Crippen LogP contribution in [-0.4, -0.2) is 49.5 Å². The molecule has 1 saturated heterocycles. The van der Waals surface area contributed by atoms with Gasteiger partial charge >= 0.3 is 0 Å². The summed E-state index contributed by atoms with van der Waals surface area (Å²) in [6, 6.07) is 22.4. The van der Waals surface area contributed by atoms with Crippen LogP contribution in [0, 0.1) is 0 Å². The van der Waals surface area contributed by atoms with Crippen LogP contribution in [0.15, 0.2) is 90.9 Å². The van der Waals surface area contributed by atoms with Gasteiger partial charge in [-0.3, -0.25) is 0 Å². The largest absolute Gasteiger partial charge is 0.394 e. The molecule has 0 aliphatic carbocycles. The lowest BCUT2D eigenvalue weighted by molar-refractivity contribution is -0.321. The molecule has 3 aromatic carbocycles. The van der Waals surface area contributed by atoms with Crippen molar-refractivity contribution in [2.24, 2.45) is 0 Å². The summed E-state index contributed by atoms with van der Waals surface area (Å²) in [7, 11) is 1.49. The summed E-state index contributed by atoms with van der Waals surface area (Å²) in [6.07, 6.45) is -3.91. The van der Waals surface area contributed by atoms with Crippen molar-refractivity contribution in [3.05, 3.63) is 108 Å². The van der Waals surface area contributed by atoms with Crippen molar-refractivity contribution in [3.8, 4) is 0 Å². The number of aliphatic hydroxyl groups excluding tert-OH is 1. The topological polar surface area (TPSA) is 66.4 Å². The fraction of sp³-hybridized carbons (Fsp3) is 0.357. The summed E-state index contributed by atoms with van der Waals surface area (Å²) in [4.78, 5) is 0. The lowest BCUT2D eigenvalue weighted by atomic mass is 9.98. The second-order valence-corrected chi connectivity index (χ2v) is 7.95. The van der Waals surface area contributed by atoms with Crippen molar-refractivity contribution in [3.63, 3.8) is 0 Å². The average Bonchev–Trinajstić information content (AvgIpc) is 2.91. The normalized spacial score (nSPS) is 25.9. The van der Waals surface area contributed by atoms with Gasteiger partial charge in [-0.2, -0.15) is 0 Å². The maximum absolute atomic E-state index is 10.2. The number of benzene rings is 3. The van der Waals surface area contributed by atoms with Gasteiger partial charge in [-0.25, -0.2) is 0 Å². The van der Waals surface area contributed by atoms with E-state index in [1.165, 1.54) is 7.11 Å². The van der Waals surface area contributed by atoms with E-state index in [1.54, 1.807) is 36.4 Å². The highest BCUT2D eigenvalue weighted by molar-refractivity contribution is 5.15. The summed E-state index contributed by atoms with van der Waals surface area (Å²) in [5, 5.41) is 10.2. The van der Waals surface area contributed by atoms with Crippen LogP contribution in [0.3, 0.4) is 0 Å². The van der Waals surface area contributed by atoms with Crippen LogP contribution in [0.25, 0.3) is 0 Å². The molecule has 0 spiro atoms. The molecule has 0 radical (unpaired) electrons. The molecule has 34 heavy (non-hydrogen) atoms. The standard InChI is InChI=1S/C28H32O6/c1-30-28-27(33-20-23-15-9-4-10-16-23)26(32-19-22-13-7-3-8-14-22)25(24(17-29)34-28)31-18-21-11-5-2-6-12-21/h2-16,24-29H,17-20H2,1H3/t24-,25-,26+,27-,28?/m1/s1/i11D,13D,15D. The first-order chi connectivity index (χ1) is 18.0. The zero-order chi connectivity index (χ0) is 26.2. The highest BCUT2D eigenvalue weighted by Crippen LogP contribution is 2.30. The lowest BCUT2D eigenvalue weighted by Gasteiger charge is -2.45. The smallest absolute Gasteiger partial charge is 0.186 e. The monoisotopic (exact) mass is 467 g/mol. The van der Waals surface area contributed by atoms with Gasteiger partial charge in [-0.1, -0.05) is 90.9 Å². The first kappa shape index (κ1) is 20.8. The Morgan fingerprint density at radius 3 is 1.62 bits per heavy atom. The second-order valence-electron chi connectivity index (χ2n) is 7.95. The summed E-state index contributed by atoms with van der Waals surface area (Å²) in [6.45, 7) is 0.000446. The summed E-state index contributed by atoms with van der Waals surface area (Å²) >= 11 is 0. The van der Waals surface area contributed by atoms with Crippen molar-refractivity contribution in [2.45, 2.75) is 50.5 Å². The van der Waals surface area contributed by atoms with E-state index in [2.05, 4.69) is 0 Å². The fourth-order valence-electron chi connectivity index (χ4n) is 3.90. The summed E-state index contributed by atoms with van der Waals surface area (Å²) in [5.74, 6) is 0. The number of hydrogen-bond donors (Lipinski definition) is 1. The van der Waals surface area contributed by atoms with Crippen molar-refractivity contribution in [1.82, 2.24) is 0 Å². The van der Waals surface area contributed by atoms with Gasteiger partial charge in [0.05, 0.1) is 30.5 Å². The zero-order valence-electron chi connectivity index (χ0n) is 22.1. The van der Waals surface area contributed by atoms with Crippen LogP contribution in [0.2, 0.25) is 0 Å². The predicted octanol–water partition coefficient (Wildman–Crippen LogP) is 4.11. The molecule has 1 aliphatic heterocycles. The second kappa shape index (κ2) is 12.8. The van der Waals surface area contributed by atoms with Gasteiger partial charge in [0.2, 0.25) is 0 Å². The third-order valence-electron chi connectivity index (χ3n) is 5.62. The van der Waals surface area contributed by atoms with Gasteiger partial charge in [0, 0.05) is 7.11 Å². The molecule has 1 heterocycles. The molecule has 0 amide bonds. The van der Waals surface area contributed by atoms with Gasteiger partial charge < -0.3 is 28.8 Å². The molecule has 3 aromatic rings. The lowest BCUT2D eigenvalue weighted by Crippen LogP contribution is -2.61. The predicted molar refractivity (Wildman–Crippen MR) is 128 cm³/mol. The molecule has 4 rings (SSSR count).